The Morgan fingerprint density at radius 1 is 0.833 bits per heavy atom. The van der Waals surface area contributed by atoms with Gasteiger partial charge in [-0.25, -0.2) is 14.5 Å². The van der Waals surface area contributed by atoms with Crippen LogP contribution in [0.4, 0.5) is 10.5 Å². The van der Waals surface area contributed by atoms with Gasteiger partial charge in [0.1, 0.15) is 29.4 Å². The van der Waals surface area contributed by atoms with Crippen molar-refractivity contribution < 1.29 is 48.8 Å². The topological polar surface area (TPSA) is 195 Å². The maximum Gasteiger partial charge on any atom is 0.329 e. The SMILES string of the molecule is COC(=O)[C@@H](NC(=O)N1C(=O)[C@@]2(c3cc(C#CCCO)ccc31)[C@H](C(=O)NC[C@H](O)c1ccccc1)[C@H]1C(=O)O[C@H](c3ccccc3)[C@H](c3ccccc3)N1[C@@H]2c1ccc(O)cc1)C(C)C. The van der Waals surface area contributed by atoms with Gasteiger partial charge in [-0.2, -0.15) is 0 Å². The number of rotatable bonds is 11. The largest absolute Gasteiger partial charge is 0.508 e. The lowest BCUT2D eigenvalue weighted by Crippen LogP contribution is -2.58. The van der Waals surface area contributed by atoms with Crippen molar-refractivity contribution in [2.45, 2.75) is 62.1 Å². The normalized spacial score (nSPS) is 22.9. The third kappa shape index (κ3) is 8.06. The molecule has 5 N–H and O–H groups in total. The number of carbonyl (C=O) groups is 5. The van der Waals surface area contributed by atoms with Crippen molar-refractivity contribution in [2.75, 3.05) is 25.2 Å². The molecule has 14 heteroatoms. The van der Waals surface area contributed by atoms with Crippen molar-refractivity contribution in [3.63, 3.8) is 0 Å². The average molecular weight is 891 g/mol. The predicted octanol–water partition coefficient (Wildman–Crippen LogP) is 5.55. The van der Waals surface area contributed by atoms with Crippen molar-refractivity contribution in [2.24, 2.45) is 11.8 Å². The van der Waals surface area contributed by atoms with Crippen LogP contribution in [-0.4, -0.2) is 82.3 Å². The highest BCUT2D eigenvalue weighted by Crippen LogP contribution is 2.66. The number of cyclic esters (lactones) is 1. The summed E-state index contributed by atoms with van der Waals surface area (Å²) in [6.07, 6.45) is -2.04. The summed E-state index contributed by atoms with van der Waals surface area (Å²) in [4.78, 5) is 78.0. The number of carbonyl (C=O) groups excluding carboxylic acids is 5. The second-order valence-electron chi connectivity index (χ2n) is 16.9. The Morgan fingerprint density at radius 3 is 2.09 bits per heavy atom. The summed E-state index contributed by atoms with van der Waals surface area (Å²) < 4.78 is 11.5. The molecule has 66 heavy (non-hydrogen) atoms. The zero-order chi connectivity index (χ0) is 46.7. The Balaban J connectivity index is 1.43. The first-order valence-corrected chi connectivity index (χ1v) is 21.8. The number of aromatic hydroxyl groups is 1. The van der Waals surface area contributed by atoms with Crippen molar-refractivity contribution in [1.29, 1.82) is 0 Å². The van der Waals surface area contributed by atoms with E-state index in [1.165, 1.54) is 25.3 Å². The van der Waals surface area contributed by atoms with E-state index in [2.05, 4.69) is 22.5 Å². The number of imide groups is 1. The van der Waals surface area contributed by atoms with Crippen molar-refractivity contribution in [3.05, 3.63) is 167 Å². The molecule has 2 fully saturated rings. The zero-order valence-electron chi connectivity index (χ0n) is 36.5. The number of nitrogens with one attached hydrogen (secondary N) is 2. The van der Waals surface area contributed by atoms with Gasteiger partial charge < -0.3 is 35.4 Å². The van der Waals surface area contributed by atoms with E-state index in [4.69, 9.17) is 9.47 Å². The molecule has 8 atom stereocenters. The van der Waals surface area contributed by atoms with E-state index >= 15 is 14.4 Å². The summed E-state index contributed by atoms with van der Waals surface area (Å²) in [5, 5.41) is 37.3. The minimum Gasteiger partial charge on any atom is -0.508 e. The number of morpholine rings is 1. The predicted molar refractivity (Wildman–Crippen MR) is 242 cm³/mol. The van der Waals surface area contributed by atoms with Crippen LogP contribution >= 0.6 is 0 Å². The third-order valence-corrected chi connectivity index (χ3v) is 12.7. The van der Waals surface area contributed by atoms with Crippen LogP contribution in [0.2, 0.25) is 0 Å². The summed E-state index contributed by atoms with van der Waals surface area (Å²) in [6, 6.07) is 32.2. The lowest BCUT2D eigenvalue weighted by atomic mass is 9.65. The average Bonchev–Trinajstić information content (AvgIpc) is 3.79. The zero-order valence-corrected chi connectivity index (χ0v) is 36.5. The Hall–Kier alpha value is -7.31. The molecular formula is C52H50N4O10. The monoisotopic (exact) mass is 890 g/mol. The van der Waals surface area contributed by atoms with Crippen LogP contribution in [-0.2, 0) is 34.1 Å². The highest BCUT2D eigenvalue weighted by molar-refractivity contribution is 6.25. The van der Waals surface area contributed by atoms with Gasteiger partial charge in [-0.05, 0) is 64.1 Å². The first-order valence-electron chi connectivity index (χ1n) is 21.8. The molecule has 0 aromatic heterocycles. The van der Waals surface area contributed by atoms with E-state index in [0.29, 0.717) is 27.8 Å². The van der Waals surface area contributed by atoms with Gasteiger partial charge in [-0.3, -0.25) is 19.3 Å². The van der Waals surface area contributed by atoms with Crippen LogP contribution in [0.15, 0.2) is 133 Å². The second-order valence-corrected chi connectivity index (χ2v) is 16.9. The number of anilines is 1. The standard InChI is InChI=1S/C52H50N4O10/c1-31(2)42(48(61)65-3)54-51(64)55-39-27-22-32(15-13-14-28-57)29-38(39)52(50(55)63)41(47(60)53-30-40(59)33-16-7-4-8-17-33)44-49(62)66-45(35-20-11-6-12-21-35)43(34-18-9-5-10-19-34)56(44)46(52)36-23-25-37(58)26-24-36/h4-12,16-27,29,31,40-46,57-59H,14,28,30H2,1-3H3,(H,53,60)(H,54,64)/t40-,41-,42-,43-,44-,45+,46+,52-/m0/s1. The summed E-state index contributed by atoms with van der Waals surface area (Å²) in [5.41, 5.74) is 0.689. The fourth-order valence-corrected chi connectivity index (χ4v) is 9.79. The molecule has 3 aliphatic rings. The number of aliphatic hydroxyl groups is 2. The molecule has 5 aromatic rings. The number of hydrogen-bond acceptors (Lipinski definition) is 11. The Morgan fingerprint density at radius 2 is 1.47 bits per heavy atom. The number of fused-ring (bicyclic) bond motifs is 3. The van der Waals surface area contributed by atoms with Gasteiger partial charge >= 0.3 is 18.0 Å². The number of esters is 2. The lowest BCUT2D eigenvalue weighted by molar-refractivity contribution is -0.178. The van der Waals surface area contributed by atoms with E-state index in [0.717, 1.165) is 4.90 Å². The maximum absolute atomic E-state index is 16.4. The molecular weight excluding hydrogens is 841 g/mol. The number of urea groups is 1. The number of methoxy groups -OCH3 is 1. The minimum absolute atomic E-state index is 0.0626. The quantitative estimate of drug-likeness (QED) is 0.0825. The van der Waals surface area contributed by atoms with E-state index in [1.807, 2.05) is 65.6 Å². The van der Waals surface area contributed by atoms with Crippen molar-refractivity contribution in [1.82, 2.24) is 15.5 Å². The molecule has 1 spiro atoms. The minimum atomic E-state index is -2.17. The van der Waals surface area contributed by atoms with Crippen LogP contribution in [0.1, 0.15) is 77.9 Å². The van der Waals surface area contributed by atoms with E-state index in [9.17, 15) is 24.9 Å². The number of nitrogens with zero attached hydrogens (tertiary/aromatic N) is 2. The number of aliphatic hydroxyl groups excluding tert-OH is 2. The number of phenolic OH excluding ortho intramolecular Hbond substituents is 1. The number of ether oxygens (including phenoxy) is 2. The molecule has 5 aromatic carbocycles. The molecule has 0 saturated carbocycles. The molecule has 0 unspecified atom stereocenters. The number of benzene rings is 5. The van der Waals surface area contributed by atoms with Crippen LogP contribution < -0.4 is 15.5 Å². The van der Waals surface area contributed by atoms with Gasteiger partial charge in [0, 0.05) is 18.5 Å². The number of amides is 4. The highest BCUT2D eigenvalue weighted by atomic mass is 16.6. The van der Waals surface area contributed by atoms with Crippen LogP contribution in [0.3, 0.4) is 0 Å². The van der Waals surface area contributed by atoms with Gasteiger partial charge in [0.15, 0.2) is 0 Å². The molecule has 14 nitrogen and oxygen atoms in total. The molecule has 0 aliphatic carbocycles. The maximum atomic E-state index is 16.4. The lowest BCUT2D eigenvalue weighted by Gasteiger charge is -2.46. The second kappa shape index (κ2) is 19.0. The molecule has 2 saturated heterocycles. The summed E-state index contributed by atoms with van der Waals surface area (Å²) in [6.45, 7) is 2.88. The third-order valence-electron chi connectivity index (χ3n) is 12.7. The van der Waals surface area contributed by atoms with Gasteiger partial charge in [-0.15, -0.1) is 0 Å². The van der Waals surface area contributed by atoms with Crippen LogP contribution in [0.5, 0.6) is 5.75 Å². The fourth-order valence-electron chi connectivity index (χ4n) is 9.79. The smallest absolute Gasteiger partial charge is 0.329 e. The van der Waals surface area contributed by atoms with Crippen LogP contribution in [0, 0.1) is 23.7 Å². The Bertz CT molecular complexity index is 2670. The van der Waals surface area contributed by atoms with Crippen molar-refractivity contribution >= 4 is 35.5 Å². The highest BCUT2D eigenvalue weighted by Gasteiger charge is 2.75. The van der Waals surface area contributed by atoms with Crippen LogP contribution in [0.25, 0.3) is 0 Å². The molecule has 3 heterocycles. The summed E-state index contributed by atoms with van der Waals surface area (Å²) in [7, 11) is 1.19. The number of phenols is 1. The molecule has 4 amide bonds. The van der Waals surface area contributed by atoms with E-state index < -0.39 is 83.4 Å². The molecule has 338 valence electrons. The molecule has 8 rings (SSSR count). The van der Waals surface area contributed by atoms with Gasteiger partial charge in [0.05, 0.1) is 43.5 Å². The summed E-state index contributed by atoms with van der Waals surface area (Å²) >= 11 is 0. The molecule has 0 bridgehead atoms. The first-order chi connectivity index (χ1) is 31.9. The van der Waals surface area contributed by atoms with E-state index in [1.54, 1.807) is 68.4 Å². The fraction of sp³-hybridized carbons (Fsp3) is 0.288. The van der Waals surface area contributed by atoms with E-state index in [-0.39, 0.29) is 36.6 Å². The van der Waals surface area contributed by atoms with Gasteiger partial charge in [-0.1, -0.05) is 129 Å². The number of hydrogen-bond donors (Lipinski definition) is 5. The first kappa shape index (κ1) is 45.3. The van der Waals surface area contributed by atoms with Crippen molar-refractivity contribution in [3.8, 4) is 17.6 Å². The Kier molecular flexibility index (Phi) is 13.1. The molecule has 3 aliphatic heterocycles. The Labute approximate surface area is 382 Å². The molecule has 0 radical (unpaired) electrons. The van der Waals surface area contributed by atoms with Gasteiger partial charge in [0.2, 0.25) is 11.8 Å². The van der Waals surface area contributed by atoms with Gasteiger partial charge in [0.25, 0.3) is 0 Å². The summed E-state index contributed by atoms with van der Waals surface area (Å²) in [5.74, 6) is 0.467.